The molecule has 19 heavy (non-hydrogen) atoms. The quantitative estimate of drug-likeness (QED) is 0.593. The average Bonchev–Trinajstić information content (AvgIpc) is 3.19. The molecular weight excluding hydrogens is 252 g/mol. The van der Waals surface area contributed by atoms with Crippen molar-refractivity contribution in [2.45, 2.75) is 18.9 Å². The minimum absolute atomic E-state index is 0.00388. The summed E-state index contributed by atoms with van der Waals surface area (Å²) >= 11 is 0. The van der Waals surface area contributed by atoms with E-state index in [4.69, 9.17) is 10.2 Å². The fraction of sp³-hybridized carbons (Fsp3) is 0.417. The van der Waals surface area contributed by atoms with Crippen molar-refractivity contribution in [2.75, 3.05) is 18.1 Å². The van der Waals surface area contributed by atoms with Gasteiger partial charge in [-0.1, -0.05) is 0 Å². The molecule has 1 saturated carbocycles. The lowest BCUT2D eigenvalue weighted by Gasteiger charge is -2.23. The summed E-state index contributed by atoms with van der Waals surface area (Å²) in [6, 6.07) is 3.86. The summed E-state index contributed by atoms with van der Waals surface area (Å²) in [5, 5.41) is 29.0. The first-order valence-electron chi connectivity index (χ1n) is 5.94. The van der Waals surface area contributed by atoms with E-state index >= 15 is 0 Å². The fourth-order valence-corrected chi connectivity index (χ4v) is 2.03. The zero-order chi connectivity index (χ0) is 14.0. The molecule has 0 bridgehead atoms. The molecule has 0 aliphatic heterocycles. The maximum atomic E-state index is 11.0. The molecule has 0 atom stereocenters. The van der Waals surface area contributed by atoms with E-state index in [-0.39, 0.29) is 36.1 Å². The van der Waals surface area contributed by atoms with Gasteiger partial charge in [0.2, 0.25) is 0 Å². The molecule has 7 nitrogen and oxygen atoms in total. The molecule has 1 aliphatic rings. The van der Waals surface area contributed by atoms with Gasteiger partial charge in [-0.25, -0.2) is 4.79 Å². The minimum Gasteiger partial charge on any atom is -0.478 e. The third-order valence-electron chi connectivity index (χ3n) is 3.06. The molecule has 0 aromatic heterocycles. The van der Waals surface area contributed by atoms with Crippen LogP contribution in [-0.4, -0.2) is 40.3 Å². The lowest BCUT2D eigenvalue weighted by atomic mass is 10.1. The number of aliphatic hydroxyl groups is 1. The maximum absolute atomic E-state index is 11.0. The number of carboxylic acid groups (broad SMARTS) is 1. The van der Waals surface area contributed by atoms with Crippen LogP contribution in [0.1, 0.15) is 23.2 Å². The van der Waals surface area contributed by atoms with Crippen molar-refractivity contribution in [2.24, 2.45) is 0 Å². The van der Waals surface area contributed by atoms with Gasteiger partial charge in [0.15, 0.2) is 0 Å². The Morgan fingerprint density at radius 3 is 2.63 bits per heavy atom. The molecule has 1 aliphatic carbocycles. The molecule has 0 saturated heterocycles. The Hall–Kier alpha value is -2.15. The Balaban J connectivity index is 2.46. The van der Waals surface area contributed by atoms with Crippen molar-refractivity contribution in [1.82, 2.24) is 0 Å². The zero-order valence-electron chi connectivity index (χ0n) is 10.2. The first kappa shape index (κ1) is 13.3. The van der Waals surface area contributed by atoms with Gasteiger partial charge in [-0.15, -0.1) is 0 Å². The molecule has 0 unspecified atom stereocenters. The van der Waals surface area contributed by atoms with Gasteiger partial charge in [0.1, 0.15) is 5.69 Å². The van der Waals surface area contributed by atoms with Crippen molar-refractivity contribution in [3.05, 3.63) is 33.9 Å². The number of anilines is 1. The average molecular weight is 266 g/mol. The molecule has 0 spiro atoms. The monoisotopic (exact) mass is 266 g/mol. The van der Waals surface area contributed by atoms with Crippen LogP contribution < -0.4 is 4.90 Å². The standard InChI is InChI=1S/C12H14N2O5/c15-6-5-13(9-2-3-9)11-7-8(12(16)17)1-4-10(11)14(18)19/h1,4,7,9,15H,2-3,5-6H2,(H,16,17). The molecule has 7 heteroatoms. The van der Waals surface area contributed by atoms with E-state index in [0.29, 0.717) is 0 Å². The molecule has 0 radical (unpaired) electrons. The van der Waals surface area contributed by atoms with E-state index in [1.165, 1.54) is 18.2 Å². The number of nitro benzene ring substituents is 1. The number of aromatic carboxylic acids is 1. The van der Waals surface area contributed by atoms with Crippen molar-refractivity contribution in [3.8, 4) is 0 Å². The fourth-order valence-electron chi connectivity index (χ4n) is 2.03. The third-order valence-corrected chi connectivity index (χ3v) is 3.06. The van der Waals surface area contributed by atoms with Gasteiger partial charge in [0, 0.05) is 18.7 Å². The predicted octanol–water partition coefficient (Wildman–Crippen LogP) is 1.25. The molecule has 0 heterocycles. The molecular formula is C12H14N2O5. The van der Waals surface area contributed by atoms with Crippen LogP contribution in [0.4, 0.5) is 11.4 Å². The largest absolute Gasteiger partial charge is 0.478 e. The van der Waals surface area contributed by atoms with E-state index in [0.717, 1.165) is 12.8 Å². The maximum Gasteiger partial charge on any atom is 0.335 e. The predicted molar refractivity (Wildman–Crippen MR) is 67.5 cm³/mol. The van der Waals surface area contributed by atoms with Crippen molar-refractivity contribution >= 4 is 17.3 Å². The lowest BCUT2D eigenvalue weighted by molar-refractivity contribution is -0.384. The van der Waals surface area contributed by atoms with Gasteiger partial charge >= 0.3 is 5.97 Å². The van der Waals surface area contributed by atoms with E-state index in [2.05, 4.69) is 0 Å². The number of hydrogen-bond donors (Lipinski definition) is 2. The van der Waals surface area contributed by atoms with Gasteiger partial charge in [-0.2, -0.15) is 0 Å². The van der Waals surface area contributed by atoms with Crippen molar-refractivity contribution in [1.29, 1.82) is 0 Å². The highest BCUT2D eigenvalue weighted by Crippen LogP contribution is 2.37. The highest BCUT2D eigenvalue weighted by atomic mass is 16.6. The smallest absolute Gasteiger partial charge is 0.335 e. The van der Waals surface area contributed by atoms with E-state index in [1.54, 1.807) is 4.90 Å². The molecule has 2 N–H and O–H groups in total. The second-order valence-electron chi connectivity index (χ2n) is 4.41. The van der Waals surface area contributed by atoms with Crippen LogP contribution in [0, 0.1) is 10.1 Å². The molecule has 1 fully saturated rings. The Bertz CT molecular complexity index is 513. The Morgan fingerprint density at radius 1 is 1.47 bits per heavy atom. The summed E-state index contributed by atoms with van der Waals surface area (Å²) in [5.41, 5.74) is 0.135. The van der Waals surface area contributed by atoms with Crippen LogP contribution in [-0.2, 0) is 0 Å². The number of carboxylic acids is 1. The molecule has 1 aromatic rings. The summed E-state index contributed by atoms with van der Waals surface area (Å²) < 4.78 is 0. The Morgan fingerprint density at radius 2 is 2.16 bits per heavy atom. The van der Waals surface area contributed by atoms with Gasteiger partial charge in [-0.3, -0.25) is 10.1 Å². The van der Waals surface area contributed by atoms with Gasteiger partial charge in [-0.05, 0) is 25.0 Å². The minimum atomic E-state index is -1.13. The molecule has 1 aromatic carbocycles. The van der Waals surface area contributed by atoms with Gasteiger partial charge in [0.05, 0.1) is 17.1 Å². The molecule has 0 amide bonds. The zero-order valence-corrected chi connectivity index (χ0v) is 10.2. The normalized spacial score (nSPS) is 14.2. The lowest BCUT2D eigenvalue weighted by Crippen LogP contribution is -2.29. The number of rotatable bonds is 6. The van der Waals surface area contributed by atoms with Crippen LogP contribution in [0.2, 0.25) is 0 Å². The topological polar surface area (TPSA) is 104 Å². The number of nitrogens with zero attached hydrogens (tertiary/aromatic N) is 2. The van der Waals surface area contributed by atoms with Crippen LogP contribution in [0.3, 0.4) is 0 Å². The van der Waals surface area contributed by atoms with Crippen LogP contribution >= 0.6 is 0 Å². The van der Waals surface area contributed by atoms with Crippen LogP contribution in [0.15, 0.2) is 18.2 Å². The number of benzene rings is 1. The second kappa shape index (κ2) is 5.23. The van der Waals surface area contributed by atoms with Gasteiger partial charge in [0.25, 0.3) is 5.69 Å². The van der Waals surface area contributed by atoms with E-state index in [9.17, 15) is 14.9 Å². The van der Waals surface area contributed by atoms with Gasteiger partial charge < -0.3 is 15.1 Å². The number of carbonyl (C=O) groups is 1. The summed E-state index contributed by atoms with van der Waals surface area (Å²) in [7, 11) is 0. The first-order valence-corrected chi connectivity index (χ1v) is 5.94. The van der Waals surface area contributed by atoms with Crippen molar-refractivity contribution < 1.29 is 19.9 Å². The van der Waals surface area contributed by atoms with Crippen molar-refractivity contribution in [3.63, 3.8) is 0 Å². The van der Waals surface area contributed by atoms with Crippen LogP contribution in [0.5, 0.6) is 0 Å². The SMILES string of the molecule is O=C(O)c1ccc([N+](=O)[O-])c(N(CCO)C2CC2)c1. The van der Waals surface area contributed by atoms with Crippen LogP contribution in [0.25, 0.3) is 0 Å². The molecule has 102 valence electrons. The summed E-state index contributed by atoms with van der Waals surface area (Å²) in [5.74, 6) is -1.13. The third kappa shape index (κ3) is 2.82. The highest BCUT2D eigenvalue weighted by molar-refractivity contribution is 5.90. The molecule has 2 rings (SSSR count). The second-order valence-corrected chi connectivity index (χ2v) is 4.41. The highest BCUT2D eigenvalue weighted by Gasteiger charge is 2.33. The number of hydrogen-bond acceptors (Lipinski definition) is 5. The Labute approximate surface area is 109 Å². The summed E-state index contributed by atoms with van der Waals surface area (Å²) in [4.78, 5) is 23.2. The number of nitro groups is 1. The Kier molecular flexibility index (Phi) is 3.66. The summed E-state index contributed by atoms with van der Waals surface area (Å²) in [6.45, 7) is 0.125. The number of aliphatic hydroxyl groups excluding tert-OH is 1. The van der Waals surface area contributed by atoms with E-state index < -0.39 is 10.9 Å². The first-order chi connectivity index (χ1) is 9.04. The van der Waals surface area contributed by atoms with E-state index in [1.807, 2.05) is 0 Å². The summed E-state index contributed by atoms with van der Waals surface area (Å²) in [6.07, 6.45) is 1.79.